The Morgan fingerprint density at radius 1 is 1.64 bits per heavy atom. The number of hydrogen-bond donors (Lipinski definition) is 0. The van der Waals surface area contributed by atoms with Crippen LogP contribution in [0.15, 0.2) is 10.7 Å². The highest BCUT2D eigenvalue weighted by molar-refractivity contribution is 9.10. The lowest BCUT2D eigenvalue weighted by atomic mass is 10.5. The molecular formula is C7H10BrN2O+. The van der Waals surface area contributed by atoms with Gasteiger partial charge in [0.15, 0.2) is 0 Å². The van der Waals surface area contributed by atoms with Gasteiger partial charge in [-0.05, 0) is 20.9 Å². The van der Waals surface area contributed by atoms with E-state index in [-0.39, 0.29) is 0 Å². The van der Waals surface area contributed by atoms with Crippen molar-refractivity contribution in [3.63, 3.8) is 0 Å². The van der Waals surface area contributed by atoms with E-state index >= 15 is 0 Å². The lowest BCUT2D eigenvalue weighted by molar-refractivity contribution is -0.681. The summed E-state index contributed by atoms with van der Waals surface area (Å²) in [4.78, 5) is 4.18. The minimum atomic E-state index is 0.626. The minimum Gasteiger partial charge on any atom is -0.462 e. The summed E-state index contributed by atoms with van der Waals surface area (Å²) >= 11 is 3.33. The third kappa shape index (κ3) is 1.68. The average Bonchev–Trinajstić information content (AvgIpc) is 1.97. The van der Waals surface area contributed by atoms with Crippen LogP contribution in [-0.2, 0) is 7.05 Å². The number of hydrogen-bond acceptors (Lipinski definition) is 2. The van der Waals surface area contributed by atoms with E-state index in [1.165, 1.54) is 0 Å². The molecule has 1 rings (SSSR count). The summed E-state index contributed by atoms with van der Waals surface area (Å²) in [5, 5.41) is 0. The fourth-order valence-corrected chi connectivity index (χ4v) is 1.30. The summed E-state index contributed by atoms with van der Waals surface area (Å²) in [6.07, 6.45) is 1.92. The van der Waals surface area contributed by atoms with Crippen LogP contribution in [0.5, 0.6) is 5.88 Å². The van der Waals surface area contributed by atoms with Gasteiger partial charge in [-0.2, -0.15) is 0 Å². The fourth-order valence-electron chi connectivity index (χ4n) is 0.741. The van der Waals surface area contributed by atoms with Crippen LogP contribution in [0.4, 0.5) is 0 Å². The van der Waals surface area contributed by atoms with E-state index < -0.39 is 0 Å². The molecule has 0 aliphatic carbocycles. The zero-order chi connectivity index (χ0) is 8.43. The number of aromatic nitrogens is 2. The van der Waals surface area contributed by atoms with Gasteiger partial charge in [0, 0.05) is 6.92 Å². The van der Waals surface area contributed by atoms with Gasteiger partial charge in [-0.15, -0.1) is 0 Å². The molecule has 0 fully saturated rings. The van der Waals surface area contributed by atoms with Crippen LogP contribution in [0, 0.1) is 6.92 Å². The van der Waals surface area contributed by atoms with Gasteiger partial charge in [-0.3, -0.25) is 0 Å². The number of rotatable bonds is 1. The second-order valence-corrected chi connectivity index (χ2v) is 3.11. The Kier molecular flexibility index (Phi) is 2.44. The van der Waals surface area contributed by atoms with Crippen molar-refractivity contribution in [1.29, 1.82) is 0 Å². The Balaban J connectivity index is 3.21. The molecule has 0 atom stereocenters. The van der Waals surface area contributed by atoms with Gasteiger partial charge < -0.3 is 4.74 Å². The largest absolute Gasteiger partial charge is 0.462 e. The first-order valence-corrected chi connectivity index (χ1v) is 4.01. The second-order valence-electron chi connectivity index (χ2n) is 2.26. The number of aryl methyl sites for hydroxylation is 2. The van der Waals surface area contributed by atoms with Gasteiger partial charge in [0.1, 0.15) is 10.7 Å². The molecule has 0 aliphatic rings. The highest BCUT2D eigenvalue weighted by Gasteiger charge is 2.12. The quantitative estimate of drug-likeness (QED) is 0.657. The van der Waals surface area contributed by atoms with Gasteiger partial charge in [-0.1, -0.05) is 0 Å². The lowest BCUT2D eigenvalue weighted by Crippen LogP contribution is -2.32. The smallest absolute Gasteiger partial charge is 0.346 e. The summed E-state index contributed by atoms with van der Waals surface area (Å²) in [5.41, 5.74) is 0. The SMILES string of the molecule is COc1nc(C)[n+](C)cc1Br. The second kappa shape index (κ2) is 3.17. The standard InChI is InChI=1S/C7H10BrN2O/c1-5-9-7(11-3)6(8)4-10(5)2/h4H,1-3H3/q+1. The number of ether oxygens (including phenoxy) is 1. The molecule has 0 radical (unpaired) electrons. The van der Waals surface area contributed by atoms with E-state index in [1.54, 1.807) is 7.11 Å². The molecule has 0 aromatic carbocycles. The van der Waals surface area contributed by atoms with E-state index in [0.29, 0.717) is 5.88 Å². The van der Waals surface area contributed by atoms with Crippen LogP contribution in [-0.4, -0.2) is 12.1 Å². The molecule has 1 aromatic heterocycles. The predicted molar refractivity (Wildman–Crippen MR) is 44.4 cm³/mol. The third-order valence-electron chi connectivity index (χ3n) is 1.48. The highest BCUT2D eigenvalue weighted by Crippen LogP contribution is 2.18. The van der Waals surface area contributed by atoms with Crippen molar-refractivity contribution >= 4 is 15.9 Å². The summed E-state index contributed by atoms with van der Waals surface area (Å²) < 4.78 is 7.80. The third-order valence-corrected chi connectivity index (χ3v) is 2.02. The molecule has 0 amide bonds. The molecule has 11 heavy (non-hydrogen) atoms. The Morgan fingerprint density at radius 2 is 2.27 bits per heavy atom. The normalized spacial score (nSPS) is 9.82. The van der Waals surface area contributed by atoms with Crippen LogP contribution < -0.4 is 9.30 Å². The summed E-state index contributed by atoms with van der Waals surface area (Å²) in [7, 11) is 3.54. The molecule has 0 saturated carbocycles. The molecule has 0 N–H and O–H groups in total. The molecule has 0 unspecified atom stereocenters. The molecule has 0 saturated heterocycles. The molecule has 0 spiro atoms. The molecular weight excluding hydrogens is 208 g/mol. The first kappa shape index (κ1) is 8.46. The topological polar surface area (TPSA) is 26.0 Å². The van der Waals surface area contributed by atoms with Crippen molar-refractivity contribution in [2.45, 2.75) is 6.92 Å². The Morgan fingerprint density at radius 3 is 2.82 bits per heavy atom. The van der Waals surface area contributed by atoms with Crippen molar-refractivity contribution in [3.05, 3.63) is 16.5 Å². The van der Waals surface area contributed by atoms with Crippen LogP contribution in [0.3, 0.4) is 0 Å². The van der Waals surface area contributed by atoms with Gasteiger partial charge >= 0.3 is 5.88 Å². The maximum atomic E-state index is 5.01. The van der Waals surface area contributed by atoms with E-state index in [0.717, 1.165) is 10.3 Å². The van der Waals surface area contributed by atoms with Crippen LogP contribution in [0.1, 0.15) is 5.82 Å². The Bertz CT molecular complexity index is 275. The van der Waals surface area contributed by atoms with Crippen LogP contribution in [0.2, 0.25) is 0 Å². The van der Waals surface area contributed by atoms with Gasteiger partial charge in [0.2, 0.25) is 0 Å². The average molecular weight is 218 g/mol. The summed E-state index contributed by atoms with van der Waals surface area (Å²) in [6, 6.07) is 0. The fraction of sp³-hybridized carbons (Fsp3) is 0.429. The lowest BCUT2D eigenvalue weighted by Gasteiger charge is -1.97. The van der Waals surface area contributed by atoms with Crippen molar-refractivity contribution < 1.29 is 9.30 Å². The number of nitrogens with zero attached hydrogens (tertiary/aromatic N) is 2. The molecule has 1 heterocycles. The van der Waals surface area contributed by atoms with Crippen molar-refractivity contribution in [3.8, 4) is 5.88 Å². The molecule has 3 nitrogen and oxygen atoms in total. The van der Waals surface area contributed by atoms with Crippen molar-refractivity contribution in [2.75, 3.05) is 7.11 Å². The van der Waals surface area contributed by atoms with Crippen molar-refractivity contribution in [2.24, 2.45) is 7.05 Å². The zero-order valence-electron chi connectivity index (χ0n) is 6.76. The zero-order valence-corrected chi connectivity index (χ0v) is 8.34. The van der Waals surface area contributed by atoms with Gasteiger partial charge in [0.25, 0.3) is 5.82 Å². The van der Waals surface area contributed by atoms with E-state index in [9.17, 15) is 0 Å². The molecule has 0 bridgehead atoms. The molecule has 1 aromatic rings. The number of methoxy groups -OCH3 is 1. The highest BCUT2D eigenvalue weighted by atomic mass is 79.9. The van der Waals surface area contributed by atoms with Crippen LogP contribution in [0.25, 0.3) is 0 Å². The monoisotopic (exact) mass is 217 g/mol. The van der Waals surface area contributed by atoms with E-state index in [2.05, 4.69) is 20.9 Å². The molecule has 0 aliphatic heterocycles. The van der Waals surface area contributed by atoms with Gasteiger partial charge in [0.05, 0.1) is 14.2 Å². The molecule has 60 valence electrons. The minimum absolute atomic E-state index is 0.626. The maximum Gasteiger partial charge on any atom is 0.346 e. The first-order chi connectivity index (χ1) is 5.15. The predicted octanol–water partition coefficient (Wildman–Crippen LogP) is 0.986. The maximum absolute atomic E-state index is 5.01. The number of halogens is 1. The van der Waals surface area contributed by atoms with Crippen molar-refractivity contribution in [1.82, 2.24) is 4.98 Å². The summed E-state index contributed by atoms with van der Waals surface area (Å²) in [6.45, 7) is 1.93. The van der Waals surface area contributed by atoms with E-state index in [1.807, 2.05) is 24.7 Å². The molecule has 4 heteroatoms. The van der Waals surface area contributed by atoms with Gasteiger partial charge in [-0.25, -0.2) is 4.57 Å². The Hall–Kier alpha value is -0.640. The summed E-state index contributed by atoms with van der Waals surface area (Å²) in [5.74, 6) is 1.55. The van der Waals surface area contributed by atoms with Crippen LogP contribution >= 0.6 is 15.9 Å². The first-order valence-electron chi connectivity index (χ1n) is 3.22. The Labute approximate surface area is 74.2 Å². The van der Waals surface area contributed by atoms with E-state index in [4.69, 9.17) is 4.74 Å².